The van der Waals surface area contributed by atoms with E-state index in [1.807, 2.05) is 0 Å². The van der Waals surface area contributed by atoms with E-state index in [0.717, 1.165) is 26.2 Å². The van der Waals surface area contributed by atoms with Crippen molar-refractivity contribution in [1.82, 2.24) is 9.88 Å². The average molecular weight is 369 g/mol. The highest BCUT2D eigenvalue weighted by molar-refractivity contribution is 5.91. The molecular weight excluding hydrogens is 349 g/mol. The Morgan fingerprint density at radius 1 is 1.15 bits per heavy atom. The van der Waals surface area contributed by atoms with Crippen LogP contribution >= 0.6 is 0 Å². The van der Waals surface area contributed by atoms with Crippen LogP contribution < -0.4 is 15.1 Å². The normalized spacial score (nSPS) is 15.3. The first-order valence-electron chi connectivity index (χ1n) is 8.77. The smallest absolute Gasteiger partial charge is 0.200 e. The Labute approximate surface area is 155 Å². The summed E-state index contributed by atoms with van der Waals surface area (Å²) in [6.45, 7) is 3.35. The molecule has 0 unspecified atom stereocenters. The molecule has 0 bridgehead atoms. The first-order valence-corrected chi connectivity index (χ1v) is 8.77. The lowest BCUT2D eigenvalue weighted by Crippen LogP contribution is -2.44. The Morgan fingerprint density at radius 2 is 1.93 bits per heavy atom. The van der Waals surface area contributed by atoms with E-state index in [1.165, 1.54) is 25.3 Å². The van der Waals surface area contributed by atoms with Crippen molar-refractivity contribution in [1.29, 1.82) is 0 Å². The van der Waals surface area contributed by atoms with Gasteiger partial charge in [0.2, 0.25) is 0 Å². The zero-order valence-corrected chi connectivity index (χ0v) is 15.2. The number of methoxy groups -OCH3 is 1. The number of fused-ring (bicyclic) bond motifs is 1. The van der Waals surface area contributed by atoms with Gasteiger partial charge in [0.05, 0.1) is 12.5 Å². The molecule has 0 N–H and O–H groups in total. The lowest BCUT2D eigenvalue weighted by Gasteiger charge is -2.32. The molecule has 1 saturated heterocycles. The molecule has 140 valence electrons. The van der Waals surface area contributed by atoms with E-state index in [4.69, 9.17) is 9.15 Å². The fourth-order valence-corrected chi connectivity index (χ4v) is 3.30. The fraction of sp³-hybridized carbons (Fsp3) is 0.300. The maximum Gasteiger partial charge on any atom is 0.200 e. The molecule has 3 heterocycles. The maximum absolute atomic E-state index is 13.6. The molecule has 0 spiro atoms. The van der Waals surface area contributed by atoms with E-state index in [0.29, 0.717) is 33.9 Å². The van der Waals surface area contributed by atoms with E-state index < -0.39 is 5.82 Å². The van der Waals surface area contributed by atoms with Gasteiger partial charge in [0.15, 0.2) is 16.9 Å². The molecule has 0 radical (unpaired) electrons. The highest BCUT2D eigenvalue weighted by atomic mass is 19.1. The minimum atomic E-state index is -0.407. The van der Waals surface area contributed by atoms with Crippen LogP contribution in [0, 0.1) is 5.82 Å². The Bertz CT molecular complexity index is 1040. The summed E-state index contributed by atoms with van der Waals surface area (Å²) in [6, 6.07) is 7.37. The highest BCUT2D eigenvalue weighted by Gasteiger charge is 2.20. The number of benzene rings is 1. The molecule has 0 aliphatic carbocycles. The summed E-state index contributed by atoms with van der Waals surface area (Å²) in [4.78, 5) is 21.4. The lowest BCUT2D eigenvalue weighted by molar-refractivity contribution is 0.306. The molecular formula is C20H20FN3O3. The number of aromatic nitrogens is 1. The number of likely N-dealkylation sites (N-methyl/N-ethyl adjacent to an activating group) is 1. The molecule has 0 atom stereocenters. The zero-order chi connectivity index (χ0) is 19.0. The van der Waals surface area contributed by atoms with Gasteiger partial charge >= 0.3 is 0 Å². The molecule has 3 aromatic rings. The Kier molecular flexibility index (Phi) is 4.53. The number of hydrogen-bond acceptors (Lipinski definition) is 6. The van der Waals surface area contributed by atoms with E-state index in [-0.39, 0.29) is 5.43 Å². The molecule has 1 aromatic carbocycles. The molecule has 1 aliphatic heterocycles. The standard InChI is InChI=1S/C20H20FN3O3/c1-23-7-9-24(10-8-23)18-12-16(25)14-5-6-22-19(20(14)27-18)15-4-3-13(21)11-17(15)26-2/h3-6,11-12H,7-10H2,1-2H3. The lowest BCUT2D eigenvalue weighted by atomic mass is 10.1. The van der Waals surface area contributed by atoms with Crippen LogP contribution in [0.15, 0.2) is 45.7 Å². The Balaban J connectivity index is 1.88. The summed E-state index contributed by atoms with van der Waals surface area (Å²) in [5.41, 5.74) is 1.28. The van der Waals surface area contributed by atoms with Crippen molar-refractivity contribution in [2.45, 2.75) is 0 Å². The molecule has 6 nitrogen and oxygen atoms in total. The topological polar surface area (TPSA) is 58.8 Å². The van der Waals surface area contributed by atoms with Crippen molar-refractivity contribution in [2.75, 3.05) is 45.2 Å². The van der Waals surface area contributed by atoms with Crippen molar-refractivity contribution in [3.8, 4) is 17.0 Å². The van der Waals surface area contributed by atoms with Crippen LogP contribution in [0.2, 0.25) is 0 Å². The quantitative estimate of drug-likeness (QED) is 0.708. The molecule has 7 heteroatoms. The van der Waals surface area contributed by atoms with E-state index in [1.54, 1.807) is 18.3 Å². The minimum Gasteiger partial charge on any atom is -0.496 e. The summed E-state index contributed by atoms with van der Waals surface area (Å²) in [5, 5.41) is 0.434. The molecule has 1 fully saturated rings. The average Bonchev–Trinajstić information content (AvgIpc) is 2.68. The summed E-state index contributed by atoms with van der Waals surface area (Å²) >= 11 is 0. The van der Waals surface area contributed by atoms with Crippen molar-refractivity contribution >= 4 is 16.9 Å². The highest BCUT2D eigenvalue weighted by Crippen LogP contribution is 2.34. The van der Waals surface area contributed by atoms with E-state index in [9.17, 15) is 9.18 Å². The Morgan fingerprint density at radius 3 is 2.67 bits per heavy atom. The number of piperazine rings is 1. The van der Waals surface area contributed by atoms with Gasteiger partial charge in [-0.1, -0.05) is 0 Å². The Hall–Kier alpha value is -2.93. The summed E-state index contributed by atoms with van der Waals surface area (Å²) in [7, 11) is 3.53. The van der Waals surface area contributed by atoms with E-state index >= 15 is 0 Å². The molecule has 2 aromatic heterocycles. The van der Waals surface area contributed by atoms with Gasteiger partial charge in [-0.2, -0.15) is 0 Å². The van der Waals surface area contributed by atoms with Crippen LogP contribution in [0.1, 0.15) is 0 Å². The van der Waals surface area contributed by atoms with Gasteiger partial charge in [-0.25, -0.2) is 4.39 Å². The number of anilines is 1. The van der Waals surface area contributed by atoms with Gasteiger partial charge in [-0.15, -0.1) is 0 Å². The van der Waals surface area contributed by atoms with Crippen LogP contribution in [0.3, 0.4) is 0 Å². The number of ether oxygens (including phenoxy) is 1. The number of hydrogen-bond donors (Lipinski definition) is 0. The number of pyridine rings is 1. The molecule has 27 heavy (non-hydrogen) atoms. The minimum absolute atomic E-state index is 0.130. The van der Waals surface area contributed by atoms with E-state index in [2.05, 4.69) is 21.8 Å². The van der Waals surface area contributed by atoms with Crippen LogP contribution in [-0.4, -0.2) is 50.2 Å². The number of nitrogens with zero attached hydrogens (tertiary/aromatic N) is 3. The van der Waals surface area contributed by atoms with Crippen LogP contribution in [0.5, 0.6) is 5.75 Å². The zero-order valence-electron chi connectivity index (χ0n) is 15.2. The second-order valence-electron chi connectivity index (χ2n) is 6.62. The third kappa shape index (κ3) is 3.26. The fourth-order valence-electron chi connectivity index (χ4n) is 3.30. The molecule has 1 aliphatic rings. The predicted octanol–water partition coefficient (Wildman–Crippen LogP) is 2.75. The van der Waals surface area contributed by atoms with Crippen molar-refractivity contribution < 1.29 is 13.5 Å². The van der Waals surface area contributed by atoms with Gasteiger partial charge < -0.3 is 19.0 Å². The monoisotopic (exact) mass is 369 g/mol. The first kappa shape index (κ1) is 17.5. The summed E-state index contributed by atoms with van der Waals surface area (Å²) in [5.74, 6) is 0.453. The van der Waals surface area contributed by atoms with Crippen molar-refractivity contribution in [3.05, 3.63) is 52.6 Å². The molecule has 0 saturated carbocycles. The molecule has 4 rings (SSSR count). The molecule has 0 amide bonds. The largest absolute Gasteiger partial charge is 0.496 e. The third-order valence-electron chi connectivity index (χ3n) is 4.86. The first-order chi connectivity index (χ1) is 13.1. The maximum atomic E-state index is 13.6. The predicted molar refractivity (Wildman–Crippen MR) is 102 cm³/mol. The van der Waals surface area contributed by atoms with Crippen LogP contribution in [0.4, 0.5) is 10.3 Å². The summed E-state index contributed by atoms with van der Waals surface area (Å²) in [6.07, 6.45) is 1.55. The second kappa shape index (κ2) is 7.00. The van der Waals surface area contributed by atoms with Gasteiger partial charge in [-0.05, 0) is 25.2 Å². The number of rotatable bonds is 3. The van der Waals surface area contributed by atoms with Gasteiger partial charge in [0.1, 0.15) is 17.3 Å². The summed E-state index contributed by atoms with van der Waals surface area (Å²) < 4.78 is 25.0. The van der Waals surface area contributed by atoms with Crippen LogP contribution in [0.25, 0.3) is 22.2 Å². The van der Waals surface area contributed by atoms with Gasteiger partial charge in [0.25, 0.3) is 0 Å². The van der Waals surface area contributed by atoms with Crippen LogP contribution in [-0.2, 0) is 0 Å². The van der Waals surface area contributed by atoms with Crippen molar-refractivity contribution in [3.63, 3.8) is 0 Å². The second-order valence-corrected chi connectivity index (χ2v) is 6.62. The number of halogens is 1. The third-order valence-corrected chi connectivity index (χ3v) is 4.86. The van der Waals surface area contributed by atoms with Gasteiger partial charge in [-0.3, -0.25) is 9.78 Å². The van der Waals surface area contributed by atoms with Crippen molar-refractivity contribution in [2.24, 2.45) is 0 Å². The SMILES string of the molecule is COc1cc(F)ccc1-c1nccc2c(=O)cc(N3CCN(C)CC3)oc12. The van der Waals surface area contributed by atoms with Gasteiger partial charge in [0, 0.05) is 50.1 Å².